The third-order valence-corrected chi connectivity index (χ3v) is 3.03. The summed E-state index contributed by atoms with van der Waals surface area (Å²) in [5, 5.41) is 0. The molecule has 1 aliphatic rings. The average molecular weight is 156 g/mol. The average Bonchev–Trinajstić information content (AvgIpc) is 2.30. The van der Waals surface area contributed by atoms with E-state index in [1.54, 1.807) is 0 Å². The van der Waals surface area contributed by atoms with Gasteiger partial charge < -0.3 is 11.5 Å². The Morgan fingerprint density at radius 2 is 1.27 bits per heavy atom. The zero-order valence-corrected chi connectivity index (χ0v) is 7.31. The van der Waals surface area contributed by atoms with E-state index in [4.69, 9.17) is 11.5 Å². The first-order valence-electron chi connectivity index (χ1n) is 4.73. The van der Waals surface area contributed by atoms with E-state index in [2.05, 4.69) is 0 Å². The standard InChI is InChI=1S/C9H20N2/c10-7-9(8-11)5-3-1-2-4-6-9/h1-8,10-11H2. The van der Waals surface area contributed by atoms with Gasteiger partial charge in [-0.1, -0.05) is 25.7 Å². The van der Waals surface area contributed by atoms with Gasteiger partial charge in [-0.05, 0) is 31.3 Å². The Labute approximate surface area is 69.3 Å². The number of nitrogens with two attached hydrogens (primary N) is 2. The van der Waals surface area contributed by atoms with Crippen LogP contribution < -0.4 is 11.5 Å². The highest BCUT2D eigenvalue weighted by atomic mass is 14.7. The lowest BCUT2D eigenvalue weighted by Crippen LogP contribution is -2.37. The van der Waals surface area contributed by atoms with Crippen molar-refractivity contribution in [1.29, 1.82) is 0 Å². The summed E-state index contributed by atoms with van der Waals surface area (Å²) in [6, 6.07) is 0. The van der Waals surface area contributed by atoms with Gasteiger partial charge in [0.25, 0.3) is 0 Å². The van der Waals surface area contributed by atoms with Gasteiger partial charge in [-0.2, -0.15) is 0 Å². The van der Waals surface area contributed by atoms with Gasteiger partial charge in [0.1, 0.15) is 0 Å². The fourth-order valence-electron chi connectivity index (χ4n) is 1.97. The molecule has 11 heavy (non-hydrogen) atoms. The van der Waals surface area contributed by atoms with Gasteiger partial charge in [0.05, 0.1) is 0 Å². The van der Waals surface area contributed by atoms with Gasteiger partial charge >= 0.3 is 0 Å². The van der Waals surface area contributed by atoms with Crippen molar-refractivity contribution in [2.24, 2.45) is 16.9 Å². The molecule has 0 aromatic carbocycles. The van der Waals surface area contributed by atoms with Crippen LogP contribution in [0.2, 0.25) is 0 Å². The fourth-order valence-corrected chi connectivity index (χ4v) is 1.97. The zero-order chi connectivity index (χ0) is 8.16. The first-order valence-corrected chi connectivity index (χ1v) is 4.73. The second kappa shape index (κ2) is 4.07. The molecule has 4 N–H and O–H groups in total. The molecule has 1 fully saturated rings. The number of hydrogen-bond donors (Lipinski definition) is 2. The quantitative estimate of drug-likeness (QED) is 0.591. The van der Waals surface area contributed by atoms with Crippen LogP contribution in [-0.4, -0.2) is 13.1 Å². The van der Waals surface area contributed by atoms with Crippen molar-refractivity contribution in [3.05, 3.63) is 0 Å². The highest BCUT2D eigenvalue weighted by Gasteiger charge is 2.27. The smallest absolute Gasteiger partial charge is 0.000844 e. The van der Waals surface area contributed by atoms with E-state index in [-0.39, 0.29) is 0 Å². The lowest BCUT2D eigenvalue weighted by Gasteiger charge is -2.29. The largest absolute Gasteiger partial charge is 0.330 e. The molecule has 2 heteroatoms. The van der Waals surface area contributed by atoms with Crippen molar-refractivity contribution < 1.29 is 0 Å². The van der Waals surface area contributed by atoms with Gasteiger partial charge in [0.15, 0.2) is 0 Å². The zero-order valence-electron chi connectivity index (χ0n) is 7.31. The minimum Gasteiger partial charge on any atom is -0.330 e. The maximum atomic E-state index is 5.74. The Kier molecular flexibility index (Phi) is 3.34. The molecule has 1 rings (SSSR count). The molecule has 0 aromatic heterocycles. The molecule has 0 unspecified atom stereocenters. The predicted octanol–water partition coefficient (Wildman–Crippen LogP) is 1.24. The molecule has 0 spiro atoms. The summed E-state index contributed by atoms with van der Waals surface area (Å²) in [5.41, 5.74) is 11.8. The minimum absolute atomic E-state index is 0.302. The Bertz CT molecular complexity index is 98.1. The highest BCUT2D eigenvalue weighted by molar-refractivity contribution is 4.83. The van der Waals surface area contributed by atoms with E-state index < -0.39 is 0 Å². The molecule has 0 heterocycles. The van der Waals surface area contributed by atoms with Crippen molar-refractivity contribution >= 4 is 0 Å². The van der Waals surface area contributed by atoms with Crippen LogP contribution in [-0.2, 0) is 0 Å². The van der Waals surface area contributed by atoms with Crippen molar-refractivity contribution in [3.8, 4) is 0 Å². The summed E-state index contributed by atoms with van der Waals surface area (Å²) >= 11 is 0. The number of rotatable bonds is 2. The molecule has 0 saturated heterocycles. The number of hydrogen-bond acceptors (Lipinski definition) is 2. The Morgan fingerprint density at radius 1 is 0.818 bits per heavy atom. The third-order valence-electron chi connectivity index (χ3n) is 3.03. The molecule has 0 amide bonds. The van der Waals surface area contributed by atoms with E-state index in [1.807, 2.05) is 0 Å². The van der Waals surface area contributed by atoms with E-state index in [0.717, 1.165) is 13.1 Å². The fraction of sp³-hybridized carbons (Fsp3) is 1.00. The Hall–Kier alpha value is -0.0800. The van der Waals surface area contributed by atoms with Crippen LogP contribution in [0.4, 0.5) is 0 Å². The van der Waals surface area contributed by atoms with Crippen LogP contribution in [0, 0.1) is 5.41 Å². The van der Waals surface area contributed by atoms with Crippen LogP contribution in [0.3, 0.4) is 0 Å². The molecule has 0 radical (unpaired) electrons. The molecule has 0 aliphatic heterocycles. The van der Waals surface area contributed by atoms with Gasteiger partial charge in [0, 0.05) is 0 Å². The van der Waals surface area contributed by atoms with Crippen molar-refractivity contribution in [2.45, 2.75) is 38.5 Å². The van der Waals surface area contributed by atoms with Crippen molar-refractivity contribution in [1.82, 2.24) is 0 Å². The molecule has 2 nitrogen and oxygen atoms in total. The summed E-state index contributed by atoms with van der Waals surface area (Å²) in [6.07, 6.45) is 7.91. The monoisotopic (exact) mass is 156 g/mol. The van der Waals surface area contributed by atoms with Crippen LogP contribution in [0.15, 0.2) is 0 Å². The first-order chi connectivity index (χ1) is 5.33. The first kappa shape index (κ1) is 9.01. The molecular formula is C9H20N2. The summed E-state index contributed by atoms with van der Waals surface area (Å²) in [5.74, 6) is 0. The van der Waals surface area contributed by atoms with Gasteiger partial charge in [-0.15, -0.1) is 0 Å². The maximum absolute atomic E-state index is 5.74. The van der Waals surface area contributed by atoms with Crippen molar-refractivity contribution in [3.63, 3.8) is 0 Å². The summed E-state index contributed by atoms with van der Waals surface area (Å²) in [6.45, 7) is 1.56. The second-order valence-electron chi connectivity index (χ2n) is 3.82. The van der Waals surface area contributed by atoms with E-state index in [1.165, 1.54) is 38.5 Å². The normalized spacial score (nSPS) is 24.5. The topological polar surface area (TPSA) is 52.0 Å². The Morgan fingerprint density at radius 3 is 1.64 bits per heavy atom. The summed E-state index contributed by atoms with van der Waals surface area (Å²) in [7, 11) is 0. The SMILES string of the molecule is NCC1(CN)CCCCCC1. The van der Waals surface area contributed by atoms with E-state index >= 15 is 0 Å². The molecular weight excluding hydrogens is 136 g/mol. The van der Waals surface area contributed by atoms with Crippen LogP contribution in [0.1, 0.15) is 38.5 Å². The van der Waals surface area contributed by atoms with Gasteiger partial charge in [-0.3, -0.25) is 0 Å². The lowest BCUT2D eigenvalue weighted by molar-refractivity contribution is 0.266. The molecule has 1 saturated carbocycles. The molecule has 0 bridgehead atoms. The molecule has 0 aromatic rings. The van der Waals surface area contributed by atoms with Gasteiger partial charge in [-0.25, -0.2) is 0 Å². The van der Waals surface area contributed by atoms with E-state index in [9.17, 15) is 0 Å². The maximum Gasteiger partial charge on any atom is -0.000844 e. The second-order valence-corrected chi connectivity index (χ2v) is 3.82. The third kappa shape index (κ3) is 2.17. The summed E-state index contributed by atoms with van der Waals surface area (Å²) < 4.78 is 0. The molecule has 0 atom stereocenters. The van der Waals surface area contributed by atoms with Crippen LogP contribution >= 0.6 is 0 Å². The van der Waals surface area contributed by atoms with Gasteiger partial charge in [0.2, 0.25) is 0 Å². The highest BCUT2D eigenvalue weighted by Crippen LogP contribution is 2.32. The molecule has 66 valence electrons. The minimum atomic E-state index is 0.302. The molecule has 1 aliphatic carbocycles. The lowest BCUT2D eigenvalue weighted by atomic mass is 9.81. The van der Waals surface area contributed by atoms with Crippen LogP contribution in [0.25, 0.3) is 0 Å². The van der Waals surface area contributed by atoms with Crippen LogP contribution in [0.5, 0.6) is 0 Å². The summed E-state index contributed by atoms with van der Waals surface area (Å²) in [4.78, 5) is 0. The predicted molar refractivity (Wildman–Crippen MR) is 48.2 cm³/mol. The Balaban J connectivity index is 2.49. The van der Waals surface area contributed by atoms with Crippen molar-refractivity contribution in [2.75, 3.05) is 13.1 Å². The van der Waals surface area contributed by atoms with E-state index in [0.29, 0.717) is 5.41 Å².